The molecule has 0 bridgehead atoms. The summed E-state index contributed by atoms with van der Waals surface area (Å²) in [4.78, 5) is 27.2. The Hall–Kier alpha value is -2.59. The van der Waals surface area contributed by atoms with Crippen LogP contribution in [0.15, 0.2) is 24.3 Å². The third kappa shape index (κ3) is 5.56. The summed E-state index contributed by atoms with van der Waals surface area (Å²) < 4.78 is 5.06. The molecule has 7 heteroatoms. The molecule has 0 atom stereocenters. The van der Waals surface area contributed by atoms with Crippen LogP contribution in [0.1, 0.15) is 13.8 Å². The average molecular weight is 332 g/mol. The van der Waals surface area contributed by atoms with Crippen LogP contribution in [-0.4, -0.2) is 61.4 Å². The first-order valence-electron chi connectivity index (χ1n) is 7.50. The highest BCUT2D eigenvalue weighted by Crippen LogP contribution is 2.15. The summed E-state index contributed by atoms with van der Waals surface area (Å²) in [5.74, 6) is 0.262. The Kier molecular flexibility index (Phi) is 6.74. The Morgan fingerprint density at radius 1 is 1.21 bits per heavy atom. The number of carbonyl (C=O) groups excluding carboxylic acids is 2. The Labute approximate surface area is 142 Å². The second kappa shape index (κ2) is 8.31. The highest BCUT2D eigenvalue weighted by molar-refractivity contribution is 5.92. The quantitative estimate of drug-likeness (QED) is 0.814. The van der Waals surface area contributed by atoms with Gasteiger partial charge in [-0.15, -0.1) is 0 Å². The predicted molar refractivity (Wildman–Crippen MR) is 91.6 cm³/mol. The minimum atomic E-state index is -0.886. The van der Waals surface area contributed by atoms with Crippen molar-refractivity contribution >= 4 is 17.5 Å². The molecule has 0 aliphatic rings. The zero-order valence-corrected chi connectivity index (χ0v) is 14.8. The second-order valence-electron chi connectivity index (χ2n) is 6.07. The molecule has 1 aromatic rings. The van der Waals surface area contributed by atoms with Crippen LogP contribution in [0.3, 0.4) is 0 Å². The smallest absolute Gasteiger partial charge is 0.238 e. The van der Waals surface area contributed by atoms with Crippen molar-refractivity contribution in [2.75, 3.05) is 39.6 Å². The number of benzene rings is 1. The summed E-state index contributed by atoms with van der Waals surface area (Å²) in [6, 6.07) is 9.06. The molecular formula is C17H24N4O3. The summed E-state index contributed by atoms with van der Waals surface area (Å²) in [6.07, 6.45) is 0. The number of rotatable bonds is 7. The fraction of sp³-hybridized carbons (Fsp3) is 0.471. The van der Waals surface area contributed by atoms with E-state index in [2.05, 4.69) is 11.4 Å². The molecule has 0 saturated heterocycles. The van der Waals surface area contributed by atoms with E-state index in [1.54, 1.807) is 64.2 Å². The van der Waals surface area contributed by atoms with E-state index in [-0.39, 0.29) is 24.9 Å². The number of nitriles is 1. The van der Waals surface area contributed by atoms with Crippen LogP contribution in [-0.2, 0) is 9.59 Å². The lowest BCUT2D eigenvalue weighted by molar-refractivity contribution is -0.134. The minimum absolute atomic E-state index is 0.0532. The molecule has 0 aliphatic heterocycles. The highest BCUT2D eigenvalue weighted by atomic mass is 16.5. The van der Waals surface area contributed by atoms with Crippen molar-refractivity contribution in [1.29, 1.82) is 5.26 Å². The van der Waals surface area contributed by atoms with Gasteiger partial charge < -0.3 is 15.0 Å². The minimum Gasteiger partial charge on any atom is -0.497 e. The SMILES string of the molecule is COc1ccc(NC(=O)CN(C)CC(=O)N(C)C(C)(C)C#N)cc1. The van der Waals surface area contributed by atoms with Gasteiger partial charge in [0.25, 0.3) is 0 Å². The molecule has 0 radical (unpaired) electrons. The second-order valence-corrected chi connectivity index (χ2v) is 6.07. The predicted octanol–water partition coefficient (Wildman–Crippen LogP) is 1.33. The monoisotopic (exact) mass is 332 g/mol. The van der Waals surface area contributed by atoms with Crippen molar-refractivity contribution in [3.05, 3.63) is 24.3 Å². The van der Waals surface area contributed by atoms with Crippen molar-refractivity contribution in [1.82, 2.24) is 9.80 Å². The molecular weight excluding hydrogens is 308 g/mol. The number of nitrogens with zero attached hydrogens (tertiary/aromatic N) is 3. The number of anilines is 1. The molecule has 0 aromatic heterocycles. The number of hydrogen-bond acceptors (Lipinski definition) is 5. The molecule has 0 saturated carbocycles. The van der Waals surface area contributed by atoms with Gasteiger partial charge in [0.15, 0.2) is 0 Å². The highest BCUT2D eigenvalue weighted by Gasteiger charge is 2.27. The van der Waals surface area contributed by atoms with Gasteiger partial charge in [0.05, 0.1) is 26.3 Å². The zero-order chi connectivity index (χ0) is 18.3. The van der Waals surface area contributed by atoms with E-state index in [9.17, 15) is 9.59 Å². The van der Waals surface area contributed by atoms with Crippen LogP contribution in [0.25, 0.3) is 0 Å². The molecule has 1 N–H and O–H groups in total. The standard InChI is InChI=1S/C17H24N4O3/c1-17(2,12-18)21(4)16(23)11-20(3)10-15(22)19-13-6-8-14(24-5)9-7-13/h6-9H,10-11H2,1-5H3,(H,19,22). The fourth-order valence-corrected chi connectivity index (χ4v) is 1.90. The molecule has 1 rings (SSSR count). The van der Waals surface area contributed by atoms with Crippen molar-refractivity contribution < 1.29 is 14.3 Å². The van der Waals surface area contributed by atoms with E-state index in [0.29, 0.717) is 11.4 Å². The third-order valence-electron chi connectivity index (χ3n) is 3.68. The van der Waals surface area contributed by atoms with Gasteiger partial charge in [-0.1, -0.05) is 0 Å². The van der Waals surface area contributed by atoms with E-state index in [1.165, 1.54) is 4.90 Å². The van der Waals surface area contributed by atoms with E-state index in [1.807, 2.05) is 0 Å². The van der Waals surface area contributed by atoms with Gasteiger partial charge in [-0.05, 0) is 45.2 Å². The number of nitrogens with one attached hydrogen (secondary N) is 1. The van der Waals surface area contributed by atoms with Crippen LogP contribution in [0.4, 0.5) is 5.69 Å². The largest absolute Gasteiger partial charge is 0.497 e. The van der Waals surface area contributed by atoms with Gasteiger partial charge >= 0.3 is 0 Å². The maximum Gasteiger partial charge on any atom is 0.238 e. The van der Waals surface area contributed by atoms with E-state index in [4.69, 9.17) is 10.00 Å². The van der Waals surface area contributed by atoms with Crippen LogP contribution < -0.4 is 10.1 Å². The molecule has 130 valence electrons. The van der Waals surface area contributed by atoms with Gasteiger partial charge in [-0.25, -0.2) is 0 Å². The number of hydrogen-bond donors (Lipinski definition) is 1. The normalized spacial score (nSPS) is 10.9. The summed E-state index contributed by atoms with van der Waals surface area (Å²) in [6.45, 7) is 3.46. The first-order chi connectivity index (χ1) is 11.2. The number of ether oxygens (including phenoxy) is 1. The molecule has 0 aliphatic carbocycles. The molecule has 0 unspecified atom stereocenters. The fourth-order valence-electron chi connectivity index (χ4n) is 1.90. The number of methoxy groups -OCH3 is 1. The van der Waals surface area contributed by atoms with Gasteiger partial charge in [-0.2, -0.15) is 5.26 Å². The van der Waals surface area contributed by atoms with E-state index in [0.717, 1.165) is 0 Å². The van der Waals surface area contributed by atoms with Gasteiger partial charge in [0.1, 0.15) is 11.3 Å². The third-order valence-corrected chi connectivity index (χ3v) is 3.68. The summed E-state index contributed by atoms with van der Waals surface area (Å²) in [5.41, 5.74) is -0.230. The van der Waals surface area contributed by atoms with Gasteiger partial charge in [-0.3, -0.25) is 14.5 Å². The van der Waals surface area contributed by atoms with Crippen LogP contribution in [0.2, 0.25) is 0 Å². The van der Waals surface area contributed by atoms with Crippen molar-refractivity contribution in [3.8, 4) is 11.8 Å². The maximum atomic E-state index is 12.2. The molecule has 7 nitrogen and oxygen atoms in total. The molecule has 2 amide bonds. The van der Waals surface area contributed by atoms with Crippen LogP contribution in [0.5, 0.6) is 5.75 Å². The topological polar surface area (TPSA) is 85.7 Å². The lowest BCUT2D eigenvalue weighted by Crippen LogP contribution is -2.48. The maximum absolute atomic E-state index is 12.2. The van der Waals surface area contributed by atoms with Crippen molar-refractivity contribution in [2.24, 2.45) is 0 Å². The van der Waals surface area contributed by atoms with Crippen molar-refractivity contribution in [3.63, 3.8) is 0 Å². The molecule has 0 heterocycles. The molecule has 0 spiro atoms. The first kappa shape index (κ1) is 19.5. The first-order valence-corrected chi connectivity index (χ1v) is 7.50. The van der Waals surface area contributed by atoms with Crippen LogP contribution in [0, 0.1) is 11.3 Å². The Balaban J connectivity index is 2.52. The summed E-state index contributed by atoms with van der Waals surface area (Å²) in [7, 11) is 4.83. The lowest BCUT2D eigenvalue weighted by Gasteiger charge is -2.30. The number of likely N-dealkylation sites (N-methyl/N-ethyl adjacent to an activating group) is 2. The Morgan fingerprint density at radius 3 is 2.29 bits per heavy atom. The molecule has 24 heavy (non-hydrogen) atoms. The van der Waals surface area contributed by atoms with Crippen LogP contribution >= 0.6 is 0 Å². The zero-order valence-electron chi connectivity index (χ0n) is 14.8. The molecule has 1 aromatic carbocycles. The van der Waals surface area contributed by atoms with Crippen molar-refractivity contribution in [2.45, 2.75) is 19.4 Å². The Morgan fingerprint density at radius 2 is 1.79 bits per heavy atom. The van der Waals surface area contributed by atoms with Gasteiger partial charge in [0, 0.05) is 12.7 Å². The molecule has 0 fully saturated rings. The summed E-state index contributed by atoms with van der Waals surface area (Å²) in [5, 5.41) is 11.8. The number of carbonyl (C=O) groups is 2. The summed E-state index contributed by atoms with van der Waals surface area (Å²) >= 11 is 0. The van der Waals surface area contributed by atoms with E-state index >= 15 is 0 Å². The number of amides is 2. The van der Waals surface area contributed by atoms with E-state index < -0.39 is 5.54 Å². The lowest BCUT2D eigenvalue weighted by atomic mass is 10.1. The van der Waals surface area contributed by atoms with Gasteiger partial charge in [0.2, 0.25) is 11.8 Å². The average Bonchev–Trinajstić information content (AvgIpc) is 2.54. The Bertz CT molecular complexity index is 620.